The molecular formula is C18H19F2N5OS. The third kappa shape index (κ3) is 3.92. The van der Waals surface area contributed by atoms with Crippen LogP contribution in [0.15, 0.2) is 36.1 Å². The second kappa shape index (κ2) is 7.59. The molecule has 1 saturated carbocycles. The van der Waals surface area contributed by atoms with Crippen molar-refractivity contribution in [3.8, 4) is 0 Å². The number of carbonyl (C=O) groups is 1. The predicted molar refractivity (Wildman–Crippen MR) is 99.4 cm³/mol. The van der Waals surface area contributed by atoms with Crippen LogP contribution in [0, 0.1) is 0 Å². The number of amides is 1. The van der Waals surface area contributed by atoms with E-state index in [2.05, 4.69) is 20.6 Å². The highest BCUT2D eigenvalue weighted by Gasteiger charge is 2.24. The first-order valence-electron chi connectivity index (χ1n) is 8.82. The Morgan fingerprint density at radius 2 is 2.00 bits per heavy atom. The van der Waals surface area contributed by atoms with Crippen LogP contribution in [-0.4, -0.2) is 32.4 Å². The van der Waals surface area contributed by atoms with Gasteiger partial charge in [-0.3, -0.25) is 14.2 Å². The highest BCUT2D eigenvalue weighted by molar-refractivity contribution is 7.11. The minimum Gasteiger partial charge on any atom is -0.368 e. The van der Waals surface area contributed by atoms with Crippen molar-refractivity contribution in [2.24, 2.45) is 0 Å². The zero-order chi connectivity index (χ0) is 18.8. The Labute approximate surface area is 158 Å². The zero-order valence-electron chi connectivity index (χ0n) is 14.4. The van der Waals surface area contributed by atoms with Crippen LogP contribution in [0.5, 0.6) is 0 Å². The molecule has 0 radical (unpaired) electrons. The maximum Gasteiger partial charge on any atom is 0.281 e. The topological polar surface area (TPSA) is 71.3 Å². The van der Waals surface area contributed by atoms with Crippen LogP contribution in [-0.2, 0) is 0 Å². The third-order valence-electron chi connectivity index (χ3n) is 4.80. The highest BCUT2D eigenvalue weighted by Crippen LogP contribution is 2.25. The van der Waals surface area contributed by atoms with E-state index >= 15 is 0 Å². The lowest BCUT2D eigenvalue weighted by molar-refractivity contribution is 0.0930. The summed E-state index contributed by atoms with van der Waals surface area (Å²) in [7, 11) is 0. The van der Waals surface area contributed by atoms with E-state index in [4.69, 9.17) is 0 Å². The predicted octanol–water partition coefficient (Wildman–Crippen LogP) is 3.88. The lowest BCUT2D eigenvalue weighted by atomic mass is 9.91. The number of hydrogen-bond acceptors (Lipinski definition) is 5. The van der Waals surface area contributed by atoms with Gasteiger partial charge in [0.25, 0.3) is 12.3 Å². The van der Waals surface area contributed by atoms with Crippen LogP contribution in [0.4, 0.5) is 14.6 Å². The number of nitrogens with zero attached hydrogens (tertiary/aromatic N) is 3. The van der Waals surface area contributed by atoms with Crippen molar-refractivity contribution < 1.29 is 13.6 Å². The Bertz CT molecular complexity index is 919. The van der Waals surface area contributed by atoms with Crippen molar-refractivity contribution in [3.05, 3.63) is 46.7 Å². The summed E-state index contributed by atoms with van der Waals surface area (Å²) in [5.41, 5.74) is 1.92. The summed E-state index contributed by atoms with van der Waals surface area (Å²) in [6, 6.07) is 5.75. The number of fused-ring (bicyclic) bond motifs is 1. The van der Waals surface area contributed by atoms with E-state index in [1.165, 1.54) is 17.5 Å². The SMILES string of the molecule is O=C(NC1CCC(Nc2cccc3nc(C(F)F)cn23)CC1)c1cncs1. The molecule has 1 aliphatic carbocycles. The van der Waals surface area contributed by atoms with Crippen molar-refractivity contribution in [3.63, 3.8) is 0 Å². The molecule has 3 heterocycles. The van der Waals surface area contributed by atoms with Crippen LogP contribution in [0.25, 0.3) is 5.65 Å². The maximum atomic E-state index is 12.9. The van der Waals surface area contributed by atoms with Crippen molar-refractivity contribution in [1.29, 1.82) is 0 Å². The quantitative estimate of drug-likeness (QED) is 0.692. The van der Waals surface area contributed by atoms with E-state index in [0.717, 1.165) is 31.5 Å². The normalized spacial score (nSPS) is 20.1. The fourth-order valence-corrected chi connectivity index (χ4v) is 3.95. The molecule has 1 fully saturated rings. The van der Waals surface area contributed by atoms with Crippen LogP contribution in [0.1, 0.15) is 47.5 Å². The Hall–Kier alpha value is -2.55. The molecule has 3 aromatic rings. The molecule has 3 aromatic heterocycles. The van der Waals surface area contributed by atoms with Crippen molar-refractivity contribution >= 4 is 28.7 Å². The van der Waals surface area contributed by atoms with Crippen molar-refractivity contribution in [1.82, 2.24) is 19.7 Å². The fourth-order valence-electron chi connectivity index (χ4n) is 3.43. The third-order valence-corrected chi connectivity index (χ3v) is 5.58. The van der Waals surface area contributed by atoms with Gasteiger partial charge < -0.3 is 10.6 Å². The van der Waals surface area contributed by atoms with Crippen LogP contribution in [0.3, 0.4) is 0 Å². The Balaban J connectivity index is 1.37. The summed E-state index contributed by atoms with van der Waals surface area (Å²) in [5.74, 6) is 0.681. The molecule has 0 unspecified atom stereocenters. The second-order valence-corrected chi connectivity index (χ2v) is 7.52. The number of aromatic nitrogens is 3. The van der Waals surface area contributed by atoms with E-state index in [9.17, 15) is 13.6 Å². The number of rotatable bonds is 5. The summed E-state index contributed by atoms with van der Waals surface area (Å²) in [6.07, 6.45) is 3.88. The van der Waals surface area contributed by atoms with Gasteiger partial charge in [-0.2, -0.15) is 0 Å². The molecule has 0 saturated heterocycles. The maximum absolute atomic E-state index is 12.9. The van der Waals surface area contributed by atoms with Gasteiger partial charge in [0.1, 0.15) is 22.0 Å². The summed E-state index contributed by atoms with van der Waals surface area (Å²) in [6.45, 7) is 0. The minimum absolute atomic E-state index is 0.0726. The van der Waals surface area contributed by atoms with Gasteiger partial charge in [-0.05, 0) is 37.8 Å². The second-order valence-electron chi connectivity index (χ2n) is 6.64. The van der Waals surface area contributed by atoms with Gasteiger partial charge in [0, 0.05) is 18.3 Å². The Morgan fingerprint density at radius 1 is 1.22 bits per heavy atom. The van der Waals surface area contributed by atoms with Gasteiger partial charge in [-0.15, -0.1) is 11.3 Å². The molecule has 27 heavy (non-hydrogen) atoms. The largest absolute Gasteiger partial charge is 0.368 e. The van der Waals surface area contributed by atoms with Crippen LogP contribution >= 0.6 is 11.3 Å². The molecular weight excluding hydrogens is 372 g/mol. The van der Waals surface area contributed by atoms with Crippen molar-refractivity contribution in [2.75, 3.05) is 5.32 Å². The number of halogens is 2. The van der Waals surface area contributed by atoms with E-state index in [1.807, 2.05) is 6.07 Å². The van der Waals surface area contributed by atoms with Gasteiger partial charge in [0.2, 0.25) is 0 Å². The number of alkyl halides is 2. The van der Waals surface area contributed by atoms with Crippen LogP contribution in [0.2, 0.25) is 0 Å². The molecule has 1 amide bonds. The van der Waals surface area contributed by atoms with E-state index in [0.29, 0.717) is 10.5 Å². The molecule has 0 aliphatic heterocycles. The number of nitrogens with one attached hydrogen (secondary N) is 2. The average molecular weight is 391 g/mol. The summed E-state index contributed by atoms with van der Waals surface area (Å²) < 4.78 is 27.5. The molecule has 4 rings (SSSR count). The molecule has 1 aliphatic rings. The first-order valence-corrected chi connectivity index (χ1v) is 9.70. The van der Waals surface area contributed by atoms with E-state index < -0.39 is 6.43 Å². The lowest BCUT2D eigenvalue weighted by Gasteiger charge is -2.30. The number of pyridine rings is 1. The Morgan fingerprint density at radius 3 is 2.70 bits per heavy atom. The molecule has 6 nitrogen and oxygen atoms in total. The number of hydrogen-bond donors (Lipinski definition) is 2. The van der Waals surface area contributed by atoms with Crippen molar-refractivity contribution in [2.45, 2.75) is 44.2 Å². The molecule has 9 heteroatoms. The summed E-state index contributed by atoms with van der Waals surface area (Å²) in [5, 5.41) is 6.49. The summed E-state index contributed by atoms with van der Waals surface area (Å²) >= 11 is 1.33. The van der Waals surface area contributed by atoms with Crippen LogP contribution < -0.4 is 10.6 Å². The molecule has 0 spiro atoms. The van der Waals surface area contributed by atoms with Gasteiger partial charge in [0.15, 0.2) is 0 Å². The molecule has 142 valence electrons. The zero-order valence-corrected chi connectivity index (χ0v) is 15.3. The summed E-state index contributed by atoms with van der Waals surface area (Å²) in [4.78, 5) is 20.6. The first-order chi connectivity index (χ1) is 13.1. The molecule has 0 atom stereocenters. The van der Waals surface area contributed by atoms with Gasteiger partial charge in [0.05, 0.1) is 11.7 Å². The minimum atomic E-state index is -2.59. The number of thiazole rings is 1. The molecule has 0 bridgehead atoms. The van der Waals surface area contributed by atoms with Gasteiger partial charge >= 0.3 is 0 Å². The van der Waals surface area contributed by atoms with Gasteiger partial charge in [-0.25, -0.2) is 13.8 Å². The molecule has 2 N–H and O–H groups in total. The monoisotopic (exact) mass is 391 g/mol. The Kier molecular flexibility index (Phi) is 5.02. The van der Waals surface area contributed by atoms with Gasteiger partial charge in [-0.1, -0.05) is 6.07 Å². The standard InChI is InChI=1S/C18H19F2N5OS/c19-17(20)13-9-25-15(2-1-3-16(25)24-13)22-11-4-6-12(7-5-11)23-18(26)14-8-21-10-27-14/h1-3,8-12,17,22H,4-7H2,(H,23,26). The van der Waals surface area contributed by atoms with E-state index in [1.54, 1.807) is 28.2 Å². The van der Waals surface area contributed by atoms with E-state index in [-0.39, 0.29) is 23.7 Å². The fraction of sp³-hybridized carbons (Fsp3) is 0.389. The highest BCUT2D eigenvalue weighted by atomic mass is 32.1. The number of anilines is 1. The average Bonchev–Trinajstić information content (AvgIpc) is 3.33. The lowest BCUT2D eigenvalue weighted by Crippen LogP contribution is -2.40. The first kappa shape index (κ1) is 17.8. The molecule has 0 aromatic carbocycles. The number of imidazole rings is 1. The smallest absolute Gasteiger partial charge is 0.281 e. The number of carbonyl (C=O) groups excluding carboxylic acids is 1.